The Kier molecular flexibility index (Phi) is 3.90. The first-order valence-corrected chi connectivity index (χ1v) is 6.05. The molecule has 0 radical (unpaired) electrons. The molecule has 17 heavy (non-hydrogen) atoms. The SMILES string of the molecule is O=C(O)c1cncc(NCCC2CCCC2)n1. The van der Waals surface area contributed by atoms with E-state index in [0.29, 0.717) is 5.82 Å². The Labute approximate surface area is 100 Å². The maximum absolute atomic E-state index is 10.7. The highest BCUT2D eigenvalue weighted by Gasteiger charge is 2.14. The monoisotopic (exact) mass is 235 g/mol. The van der Waals surface area contributed by atoms with E-state index in [0.717, 1.165) is 18.9 Å². The van der Waals surface area contributed by atoms with E-state index in [-0.39, 0.29) is 5.69 Å². The zero-order valence-corrected chi connectivity index (χ0v) is 9.72. The van der Waals surface area contributed by atoms with Crippen LogP contribution < -0.4 is 5.32 Å². The lowest BCUT2D eigenvalue weighted by molar-refractivity contribution is 0.0690. The molecular formula is C12H17N3O2. The van der Waals surface area contributed by atoms with Gasteiger partial charge in [-0.05, 0) is 12.3 Å². The number of nitrogens with one attached hydrogen (secondary N) is 1. The van der Waals surface area contributed by atoms with Gasteiger partial charge in [-0.1, -0.05) is 25.7 Å². The van der Waals surface area contributed by atoms with Crippen LogP contribution in [-0.2, 0) is 0 Å². The van der Waals surface area contributed by atoms with E-state index in [1.807, 2.05) is 0 Å². The van der Waals surface area contributed by atoms with E-state index in [9.17, 15) is 4.79 Å². The van der Waals surface area contributed by atoms with Crippen LogP contribution in [0.4, 0.5) is 5.82 Å². The molecule has 1 aromatic heterocycles. The fourth-order valence-corrected chi connectivity index (χ4v) is 2.26. The largest absolute Gasteiger partial charge is 0.476 e. The molecule has 0 bridgehead atoms. The van der Waals surface area contributed by atoms with Gasteiger partial charge < -0.3 is 10.4 Å². The lowest BCUT2D eigenvalue weighted by Crippen LogP contribution is -2.10. The number of aromatic carboxylic acids is 1. The highest BCUT2D eigenvalue weighted by molar-refractivity contribution is 5.85. The lowest BCUT2D eigenvalue weighted by Gasteiger charge is -2.10. The molecule has 92 valence electrons. The maximum Gasteiger partial charge on any atom is 0.356 e. The number of hydrogen-bond donors (Lipinski definition) is 2. The summed E-state index contributed by atoms with van der Waals surface area (Å²) in [6.45, 7) is 0.836. The molecule has 5 heteroatoms. The number of carboxylic acid groups (broad SMARTS) is 1. The summed E-state index contributed by atoms with van der Waals surface area (Å²) in [4.78, 5) is 18.5. The number of anilines is 1. The molecule has 0 aromatic carbocycles. The van der Waals surface area contributed by atoms with Crippen molar-refractivity contribution in [1.29, 1.82) is 0 Å². The van der Waals surface area contributed by atoms with Gasteiger partial charge in [0, 0.05) is 6.54 Å². The van der Waals surface area contributed by atoms with E-state index in [1.54, 1.807) is 6.20 Å². The Bertz CT molecular complexity index is 389. The van der Waals surface area contributed by atoms with Crippen LogP contribution >= 0.6 is 0 Å². The van der Waals surface area contributed by atoms with Crippen LogP contribution in [0.1, 0.15) is 42.6 Å². The van der Waals surface area contributed by atoms with Gasteiger partial charge >= 0.3 is 5.97 Å². The third-order valence-electron chi connectivity index (χ3n) is 3.19. The average Bonchev–Trinajstić information content (AvgIpc) is 2.82. The molecule has 2 rings (SSSR count). The summed E-state index contributed by atoms with van der Waals surface area (Å²) in [5, 5.41) is 11.9. The number of nitrogens with zero attached hydrogens (tertiary/aromatic N) is 2. The van der Waals surface area contributed by atoms with Crippen LogP contribution in [0.15, 0.2) is 12.4 Å². The average molecular weight is 235 g/mol. The summed E-state index contributed by atoms with van der Waals surface area (Å²) in [7, 11) is 0. The standard InChI is InChI=1S/C12H17N3O2/c16-12(17)10-7-13-8-11(15-10)14-6-5-9-3-1-2-4-9/h7-9H,1-6H2,(H,14,15)(H,16,17). The Morgan fingerprint density at radius 2 is 2.18 bits per heavy atom. The normalized spacial score (nSPS) is 16.0. The molecule has 0 amide bonds. The van der Waals surface area contributed by atoms with E-state index in [2.05, 4.69) is 15.3 Å². The first-order chi connectivity index (χ1) is 8.25. The van der Waals surface area contributed by atoms with Crippen LogP contribution in [0.3, 0.4) is 0 Å². The molecule has 1 saturated carbocycles. The highest BCUT2D eigenvalue weighted by atomic mass is 16.4. The molecule has 0 atom stereocenters. The number of hydrogen-bond acceptors (Lipinski definition) is 4. The smallest absolute Gasteiger partial charge is 0.356 e. The van der Waals surface area contributed by atoms with Gasteiger partial charge in [0.05, 0.1) is 12.4 Å². The number of aromatic nitrogens is 2. The Morgan fingerprint density at radius 1 is 1.41 bits per heavy atom. The number of carboxylic acids is 1. The minimum absolute atomic E-state index is 0.0177. The lowest BCUT2D eigenvalue weighted by atomic mass is 10.0. The summed E-state index contributed by atoms with van der Waals surface area (Å²) in [5.41, 5.74) is -0.0177. The molecule has 0 saturated heterocycles. The predicted octanol–water partition coefficient (Wildman–Crippen LogP) is 2.17. The van der Waals surface area contributed by atoms with Gasteiger partial charge in [-0.25, -0.2) is 9.78 Å². The summed E-state index contributed by atoms with van der Waals surface area (Å²) < 4.78 is 0. The number of rotatable bonds is 5. The van der Waals surface area contributed by atoms with Crippen LogP contribution in [0.5, 0.6) is 0 Å². The molecule has 0 aliphatic heterocycles. The quantitative estimate of drug-likeness (QED) is 0.818. The second-order valence-corrected chi connectivity index (χ2v) is 4.46. The Balaban J connectivity index is 1.81. The maximum atomic E-state index is 10.7. The van der Waals surface area contributed by atoms with Crippen LogP contribution in [-0.4, -0.2) is 27.6 Å². The molecule has 1 aliphatic carbocycles. The summed E-state index contributed by atoms with van der Waals surface area (Å²) >= 11 is 0. The molecule has 1 aliphatic rings. The van der Waals surface area contributed by atoms with Crippen LogP contribution in [0.25, 0.3) is 0 Å². The second kappa shape index (κ2) is 5.61. The summed E-state index contributed by atoms with van der Waals surface area (Å²) in [5.74, 6) is 0.318. The van der Waals surface area contributed by atoms with Gasteiger partial charge in [0.15, 0.2) is 5.69 Å². The van der Waals surface area contributed by atoms with Crippen molar-refractivity contribution >= 4 is 11.8 Å². The Morgan fingerprint density at radius 3 is 2.88 bits per heavy atom. The second-order valence-electron chi connectivity index (χ2n) is 4.46. The highest BCUT2D eigenvalue weighted by Crippen LogP contribution is 2.27. The van der Waals surface area contributed by atoms with E-state index >= 15 is 0 Å². The molecule has 1 aromatic rings. The number of carbonyl (C=O) groups is 1. The van der Waals surface area contributed by atoms with Crippen LogP contribution in [0.2, 0.25) is 0 Å². The van der Waals surface area contributed by atoms with Crippen molar-refractivity contribution in [3.63, 3.8) is 0 Å². The van der Waals surface area contributed by atoms with E-state index < -0.39 is 5.97 Å². The molecule has 2 N–H and O–H groups in total. The Hall–Kier alpha value is -1.65. The minimum atomic E-state index is -1.04. The van der Waals surface area contributed by atoms with E-state index in [4.69, 9.17) is 5.11 Å². The third-order valence-corrected chi connectivity index (χ3v) is 3.19. The van der Waals surface area contributed by atoms with Crippen molar-refractivity contribution in [2.75, 3.05) is 11.9 Å². The molecule has 0 spiro atoms. The summed E-state index contributed by atoms with van der Waals surface area (Å²) in [6.07, 6.45) is 9.27. The van der Waals surface area contributed by atoms with Gasteiger partial charge in [-0.2, -0.15) is 0 Å². The van der Waals surface area contributed by atoms with Crippen molar-refractivity contribution in [2.24, 2.45) is 5.92 Å². The zero-order chi connectivity index (χ0) is 12.1. The fourth-order valence-electron chi connectivity index (χ4n) is 2.26. The minimum Gasteiger partial charge on any atom is -0.476 e. The van der Waals surface area contributed by atoms with Crippen molar-refractivity contribution < 1.29 is 9.90 Å². The van der Waals surface area contributed by atoms with Crippen molar-refractivity contribution in [3.05, 3.63) is 18.1 Å². The van der Waals surface area contributed by atoms with Crippen molar-refractivity contribution in [1.82, 2.24) is 9.97 Å². The first kappa shape index (κ1) is 11.8. The van der Waals surface area contributed by atoms with Crippen molar-refractivity contribution in [2.45, 2.75) is 32.1 Å². The van der Waals surface area contributed by atoms with Gasteiger partial charge in [-0.3, -0.25) is 4.98 Å². The van der Waals surface area contributed by atoms with E-state index in [1.165, 1.54) is 31.9 Å². The van der Waals surface area contributed by atoms with Crippen LogP contribution in [0, 0.1) is 5.92 Å². The van der Waals surface area contributed by atoms with Gasteiger partial charge in [0.1, 0.15) is 5.82 Å². The van der Waals surface area contributed by atoms with Crippen molar-refractivity contribution in [3.8, 4) is 0 Å². The molecule has 5 nitrogen and oxygen atoms in total. The van der Waals surface area contributed by atoms with Gasteiger partial charge in [0.25, 0.3) is 0 Å². The topological polar surface area (TPSA) is 75.1 Å². The zero-order valence-electron chi connectivity index (χ0n) is 9.72. The predicted molar refractivity (Wildman–Crippen MR) is 64.1 cm³/mol. The first-order valence-electron chi connectivity index (χ1n) is 6.05. The molecular weight excluding hydrogens is 218 g/mol. The molecule has 0 unspecified atom stereocenters. The van der Waals surface area contributed by atoms with Gasteiger partial charge in [-0.15, -0.1) is 0 Å². The van der Waals surface area contributed by atoms with Gasteiger partial charge in [0.2, 0.25) is 0 Å². The summed E-state index contributed by atoms with van der Waals surface area (Å²) in [6, 6.07) is 0. The molecule has 1 heterocycles. The molecule has 1 fully saturated rings. The third kappa shape index (κ3) is 3.41. The fraction of sp³-hybridized carbons (Fsp3) is 0.583.